The summed E-state index contributed by atoms with van der Waals surface area (Å²) in [6.07, 6.45) is 7.64. The van der Waals surface area contributed by atoms with E-state index < -0.39 is 0 Å². The average Bonchev–Trinajstić information content (AvgIpc) is 2.72. The Bertz CT molecular complexity index is 592. The number of aliphatic hydroxyl groups excluding tert-OH is 1. The van der Waals surface area contributed by atoms with Gasteiger partial charge in [-0.05, 0) is 43.6 Å². The van der Waals surface area contributed by atoms with Gasteiger partial charge in [-0.2, -0.15) is 0 Å². The number of hydrogen-bond donors (Lipinski definition) is 4. The second kappa shape index (κ2) is 12.4. The third-order valence-electron chi connectivity index (χ3n) is 5.49. The predicted molar refractivity (Wildman–Crippen MR) is 114 cm³/mol. The molecule has 2 rings (SSSR count). The Kier molecular flexibility index (Phi) is 9.83. The highest BCUT2D eigenvalue weighted by Gasteiger charge is 2.31. The van der Waals surface area contributed by atoms with Crippen LogP contribution in [0.2, 0.25) is 0 Å². The first-order chi connectivity index (χ1) is 13.7. The zero-order valence-corrected chi connectivity index (χ0v) is 17.2. The van der Waals surface area contributed by atoms with Crippen LogP contribution in [0.4, 0.5) is 0 Å². The van der Waals surface area contributed by atoms with Crippen molar-refractivity contribution in [2.45, 2.75) is 51.9 Å². The summed E-state index contributed by atoms with van der Waals surface area (Å²) in [5.74, 6) is 0.597. The number of guanidine groups is 1. The molecule has 6 nitrogen and oxygen atoms in total. The Hall–Kier alpha value is -2.08. The summed E-state index contributed by atoms with van der Waals surface area (Å²) in [4.78, 5) is 16.5. The molecule has 4 N–H and O–H groups in total. The van der Waals surface area contributed by atoms with E-state index in [1.807, 2.05) is 25.1 Å². The number of nitrogens with one attached hydrogen (secondary N) is 3. The molecular weight excluding hydrogens is 352 g/mol. The monoisotopic (exact) mass is 388 g/mol. The lowest BCUT2D eigenvalue weighted by atomic mass is 9.72. The van der Waals surface area contributed by atoms with Gasteiger partial charge >= 0.3 is 0 Å². The van der Waals surface area contributed by atoms with Crippen molar-refractivity contribution >= 4 is 11.9 Å². The molecule has 0 heterocycles. The van der Waals surface area contributed by atoms with Crippen LogP contribution < -0.4 is 16.0 Å². The summed E-state index contributed by atoms with van der Waals surface area (Å²) in [7, 11) is 0. The summed E-state index contributed by atoms with van der Waals surface area (Å²) in [5, 5.41) is 19.0. The Morgan fingerprint density at radius 3 is 2.54 bits per heavy atom. The fourth-order valence-corrected chi connectivity index (χ4v) is 3.86. The Morgan fingerprint density at radius 2 is 1.86 bits per heavy atom. The van der Waals surface area contributed by atoms with Crippen LogP contribution in [0.25, 0.3) is 0 Å². The van der Waals surface area contributed by atoms with Gasteiger partial charge in [-0.3, -0.25) is 4.79 Å². The molecule has 0 bridgehead atoms. The van der Waals surface area contributed by atoms with Gasteiger partial charge in [-0.25, -0.2) is 4.99 Å². The van der Waals surface area contributed by atoms with Crippen LogP contribution in [0, 0.1) is 5.41 Å². The maximum absolute atomic E-state index is 12.1. The SMILES string of the molecule is CCNC(=NCC(=O)NCCc1ccccc1)NCC1(CCO)CCCCC1. The lowest BCUT2D eigenvalue weighted by Gasteiger charge is -2.37. The first-order valence-corrected chi connectivity index (χ1v) is 10.6. The molecule has 6 heteroatoms. The first kappa shape index (κ1) is 22.2. The smallest absolute Gasteiger partial charge is 0.241 e. The maximum Gasteiger partial charge on any atom is 0.241 e. The van der Waals surface area contributed by atoms with Crippen LogP contribution in [0.5, 0.6) is 0 Å². The normalized spacial score (nSPS) is 16.4. The summed E-state index contributed by atoms with van der Waals surface area (Å²) in [5.41, 5.74) is 1.35. The molecule has 0 aromatic heterocycles. The van der Waals surface area contributed by atoms with Crippen LogP contribution >= 0.6 is 0 Å². The fourth-order valence-electron chi connectivity index (χ4n) is 3.86. The van der Waals surface area contributed by atoms with Crippen LogP contribution in [0.1, 0.15) is 51.0 Å². The molecule has 0 saturated heterocycles. The van der Waals surface area contributed by atoms with Crippen molar-refractivity contribution in [1.82, 2.24) is 16.0 Å². The molecule has 1 aliphatic rings. The number of amides is 1. The minimum absolute atomic E-state index is 0.0733. The second-order valence-corrected chi connectivity index (χ2v) is 7.67. The van der Waals surface area contributed by atoms with Gasteiger partial charge in [0.2, 0.25) is 5.91 Å². The van der Waals surface area contributed by atoms with Crippen molar-refractivity contribution in [3.8, 4) is 0 Å². The van der Waals surface area contributed by atoms with Crippen LogP contribution in [-0.4, -0.2) is 49.8 Å². The van der Waals surface area contributed by atoms with E-state index in [2.05, 4.69) is 33.1 Å². The molecule has 1 saturated carbocycles. The highest BCUT2D eigenvalue weighted by atomic mass is 16.3. The highest BCUT2D eigenvalue weighted by Crippen LogP contribution is 2.38. The van der Waals surface area contributed by atoms with Crippen LogP contribution in [0.3, 0.4) is 0 Å². The maximum atomic E-state index is 12.1. The van der Waals surface area contributed by atoms with E-state index in [4.69, 9.17) is 0 Å². The lowest BCUT2D eigenvalue weighted by Crippen LogP contribution is -2.45. The van der Waals surface area contributed by atoms with Crippen molar-refractivity contribution in [2.24, 2.45) is 10.4 Å². The lowest BCUT2D eigenvalue weighted by molar-refractivity contribution is -0.119. The third kappa shape index (κ3) is 7.89. The molecule has 156 valence electrons. The minimum Gasteiger partial charge on any atom is -0.396 e. The molecule has 1 aromatic carbocycles. The van der Waals surface area contributed by atoms with Gasteiger partial charge in [-0.1, -0.05) is 49.6 Å². The zero-order valence-electron chi connectivity index (χ0n) is 17.2. The zero-order chi connectivity index (χ0) is 20.1. The molecule has 0 spiro atoms. The van der Waals surface area contributed by atoms with Gasteiger partial charge in [0, 0.05) is 26.2 Å². The number of benzene rings is 1. The Morgan fingerprint density at radius 1 is 1.11 bits per heavy atom. The second-order valence-electron chi connectivity index (χ2n) is 7.67. The van der Waals surface area contributed by atoms with Crippen molar-refractivity contribution < 1.29 is 9.90 Å². The van der Waals surface area contributed by atoms with E-state index in [1.54, 1.807) is 0 Å². The molecule has 0 atom stereocenters. The van der Waals surface area contributed by atoms with Crippen molar-refractivity contribution in [3.05, 3.63) is 35.9 Å². The van der Waals surface area contributed by atoms with E-state index >= 15 is 0 Å². The van der Waals surface area contributed by atoms with E-state index in [0.717, 1.165) is 38.8 Å². The largest absolute Gasteiger partial charge is 0.396 e. The number of aliphatic imine (C=N–C) groups is 1. The molecule has 1 fully saturated rings. The fraction of sp³-hybridized carbons (Fsp3) is 0.636. The molecule has 0 aliphatic heterocycles. The van der Waals surface area contributed by atoms with Crippen LogP contribution in [0.15, 0.2) is 35.3 Å². The number of carbonyl (C=O) groups is 1. The molecule has 1 aromatic rings. The summed E-state index contributed by atoms with van der Waals surface area (Å²) >= 11 is 0. The van der Waals surface area contributed by atoms with E-state index in [1.165, 1.54) is 24.8 Å². The van der Waals surface area contributed by atoms with Gasteiger partial charge in [0.25, 0.3) is 0 Å². The van der Waals surface area contributed by atoms with Gasteiger partial charge in [0.05, 0.1) is 0 Å². The molecule has 1 amide bonds. The van der Waals surface area contributed by atoms with E-state index in [9.17, 15) is 9.90 Å². The standard InChI is InChI=1S/C22H36N4O2/c1-2-23-21(26-18-22(14-16-27)12-7-4-8-13-22)25-17-20(28)24-15-11-19-9-5-3-6-10-19/h3,5-6,9-10,27H,2,4,7-8,11-18H2,1H3,(H,24,28)(H2,23,25,26). The summed E-state index contributed by atoms with van der Waals surface area (Å²) < 4.78 is 0. The quantitative estimate of drug-likeness (QED) is 0.366. The van der Waals surface area contributed by atoms with Crippen molar-refractivity contribution in [3.63, 3.8) is 0 Å². The van der Waals surface area contributed by atoms with Gasteiger partial charge < -0.3 is 21.1 Å². The molecular formula is C22H36N4O2. The Balaban J connectivity index is 1.79. The predicted octanol–water partition coefficient (Wildman–Crippen LogP) is 2.23. The topological polar surface area (TPSA) is 85.8 Å². The van der Waals surface area contributed by atoms with Gasteiger partial charge in [0.15, 0.2) is 5.96 Å². The van der Waals surface area contributed by atoms with E-state index in [0.29, 0.717) is 12.5 Å². The number of carbonyl (C=O) groups excluding carboxylic acids is 1. The molecule has 0 radical (unpaired) electrons. The number of rotatable bonds is 10. The van der Waals surface area contributed by atoms with Crippen molar-refractivity contribution in [1.29, 1.82) is 0 Å². The molecule has 0 unspecified atom stereocenters. The summed E-state index contributed by atoms with van der Waals surface area (Å²) in [6, 6.07) is 10.1. The summed E-state index contributed by atoms with van der Waals surface area (Å²) in [6.45, 7) is 4.49. The number of nitrogens with zero attached hydrogens (tertiary/aromatic N) is 1. The molecule has 1 aliphatic carbocycles. The minimum atomic E-state index is -0.0733. The van der Waals surface area contributed by atoms with Gasteiger partial charge in [0.1, 0.15) is 6.54 Å². The number of hydrogen-bond acceptors (Lipinski definition) is 3. The van der Waals surface area contributed by atoms with Gasteiger partial charge in [-0.15, -0.1) is 0 Å². The molecule has 28 heavy (non-hydrogen) atoms. The number of aliphatic hydroxyl groups is 1. The third-order valence-corrected chi connectivity index (χ3v) is 5.49. The Labute approximate surface area is 169 Å². The first-order valence-electron chi connectivity index (χ1n) is 10.6. The highest BCUT2D eigenvalue weighted by molar-refractivity contribution is 5.84. The van der Waals surface area contributed by atoms with E-state index in [-0.39, 0.29) is 24.5 Å². The average molecular weight is 389 g/mol. The van der Waals surface area contributed by atoms with Crippen LogP contribution in [-0.2, 0) is 11.2 Å². The van der Waals surface area contributed by atoms with Crippen molar-refractivity contribution in [2.75, 3.05) is 32.8 Å².